The van der Waals surface area contributed by atoms with Crippen LogP contribution < -0.4 is 9.47 Å². The van der Waals surface area contributed by atoms with Gasteiger partial charge in [-0.3, -0.25) is 10.1 Å². The topological polar surface area (TPSA) is 87.9 Å². The van der Waals surface area contributed by atoms with Gasteiger partial charge < -0.3 is 14.2 Å². The summed E-state index contributed by atoms with van der Waals surface area (Å²) in [6.07, 6.45) is 0. The molecule has 0 fully saturated rings. The molecule has 7 heteroatoms. The lowest BCUT2D eigenvalue weighted by atomic mass is 10.1. The van der Waals surface area contributed by atoms with Gasteiger partial charge in [0.15, 0.2) is 11.5 Å². The Labute approximate surface area is 110 Å². The number of nitro groups is 1. The molecule has 0 heterocycles. The molecule has 0 saturated carbocycles. The number of nitro benzene ring substituents is 1. The Bertz CT molecular complexity index is 485. The van der Waals surface area contributed by atoms with Crippen LogP contribution in [0, 0.1) is 10.1 Å². The fourth-order valence-electron chi connectivity index (χ4n) is 1.50. The van der Waals surface area contributed by atoms with Gasteiger partial charge in [-0.2, -0.15) is 0 Å². The summed E-state index contributed by atoms with van der Waals surface area (Å²) in [4.78, 5) is 22.0. The first-order valence-corrected chi connectivity index (χ1v) is 5.71. The van der Waals surface area contributed by atoms with Crippen LogP contribution in [0.25, 0.3) is 0 Å². The number of ether oxygens (including phenoxy) is 3. The maximum Gasteiger partial charge on any atom is 0.345 e. The number of rotatable bonds is 6. The first-order chi connectivity index (χ1) is 9.04. The Hall–Kier alpha value is -2.31. The average molecular weight is 269 g/mol. The van der Waals surface area contributed by atoms with Crippen LogP contribution in [-0.4, -0.2) is 31.2 Å². The maximum absolute atomic E-state index is 11.7. The van der Waals surface area contributed by atoms with E-state index in [1.54, 1.807) is 13.8 Å². The average Bonchev–Trinajstić information content (AvgIpc) is 2.38. The van der Waals surface area contributed by atoms with E-state index >= 15 is 0 Å². The molecule has 0 saturated heterocycles. The maximum atomic E-state index is 11.7. The second-order valence-electron chi connectivity index (χ2n) is 3.43. The summed E-state index contributed by atoms with van der Waals surface area (Å²) >= 11 is 0. The molecular formula is C12H15NO6. The highest BCUT2D eigenvalue weighted by molar-refractivity contribution is 5.95. The van der Waals surface area contributed by atoms with E-state index in [2.05, 4.69) is 0 Å². The molecule has 1 aromatic rings. The van der Waals surface area contributed by atoms with Gasteiger partial charge in [0.1, 0.15) is 5.56 Å². The van der Waals surface area contributed by atoms with Crippen molar-refractivity contribution >= 4 is 11.7 Å². The summed E-state index contributed by atoms with van der Waals surface area (Å²) in [6.45, 7) is 3.85. The Balaban J connectivity index is 3.36. The summed E-state index contributed by atoms with van der Waals surface area (Å²) < 4.78 is 15.1. The SMILES string of the molecule is CCOC(=O)c1cc(OCC)c(OC)cc1[N+](=O)[O-]. The zero-order chi connectivity index (χ0) is 14.4. The molecule has 19 heavy (non-hydrogen) atoms. The Kier molecular flexibility index (Phi) is 5.11. The van der Waals surface area contributed by atoms with E-state index in [4.69, 9.17) is 14.2 Å². The van der Waals surface area contributed by atoms with Crippen LogP contribution in [0.15, 0.2) is 12.1 Å². The third kappa shape index (κ3) is 3.34. The molecule has 0 aliphatic carbocycles. The first-order valence-electron chi connectivity index (χ1n) is 5.71. The quantitative estimate of drug-likeness (QED) is 0.447. The molecule has 0 bridgehead atoms. The summed E-state index contributed by atoms with van der Waals surface area (Å²) in [6, 6.07) is 2.41. The van der Waals surface area contributed by atoms with Crippen molar-refractivity contribution in [3.63, 3.8) is 0 Å². The Morgan fingerprint density at radius 2 is 1.95 bits per heavy atom. The van der Waals surface area contributed by atoms with E-state index in [-0.39, 0.29) is 29.4 Å². The molecule has 0 aliphatic heterocycles. The zero-order valence-electron chi connectivity index (χ0n) is 11.0. The highest BCUT2D eigenvalue weighted by Crippen LogP contribution is 2.35. The van der Waals surface area contributed by atoms with Crippen LogP contribution in [0.5, 0.6) is 11.5 Å². The van der Waals surface area contributed by atoms with E-state index in [0.717, 1.165) is 6.07 Å². The summed E-state index contributed by atoms with van der Waals surface area (Å²) in [5, 5.41) is 11.0. The third-order valence-corrected chi connectivity index (χ3v) is 2.27. The molecule has 0 radical (unpaired) electrons. The van der Waals surface area contributed by atoms with Gasteiger partial charge in [0, 0.05) is 6.07 Å². The van der Waals surface area contributed by atoms with Crippen LogP contribution in [0.1, 0.15) is 24.2 Å². The molecule has 0 atom stereocenters. The third-order valence-electron chi connectivity index (χ3n) is 2.27. The molecule has 104 valence electrons. The standard InChI is InChI=1S/C12H15NO6/c1-4-18-11-6-8(12(14)19-5-2)9(13(15)16)7-10(11)17-3/h6-7H,4-5H2,1-3H3. The molecule has 0 aliphatic rings. The smallest absolute Gasteiger partial charge is 0.345 e. The molecule has 7 nitrogen and oxygen atoms in total. The lowest BCUT2D eigenvalue weighted by Gasteiger charge is -2.11. The fourth-order valence-corrected chi connectivity index (χ4v) is 1.50. The van der Waals surface area contributed by atoms with Gasteiger partial charge in [0.2, 0.25) is 0 Å². The lowest BCUT2D eigenvalue weighted by Crippen LogP contribution is -2.09. The summed E-state index contributed by atoms with van der Waals surface area (Å²) in [7, 11) is 1.37. The number of benzene rings is 1. The molecular weight excluding hydrogens is 254 g/mol. The van der Waals surface area contributed by atoms with Crippen molar-refractivity contribution in [2.45, 2.75) is 13.8 Å². The molecule has 0 amide bonds. The predicted molar refractivity (Wildman–Crippen MR) is 66.8 cm³/mol. The Morgan fingerprint density at radius 1 is 1.26 bits per heavy atom. The van der Waals surface area contributed by atoms with E-state index in [1.165, 1.54) is 13.2 Å². The monoisotopic (exact) mass is 269 g/mol. The number of hydrogen-bond donors (Lipinski definition) is 0. The van der Waals surface area contributed by atoms with Crippen LogP contribution >= 0.6 is 0 Å². The number of hydrogen-bond acceptors (Lipinski definition) is 6. The van der Waals surface area contributed by atoms with Crippen LogP contribution in [0.3, 0.4) is 0 Å². The number of carbonyl (C=O) groups excluding carboxylic acids is 1. The van der Waals surface area contributed by atoms with Crippen molar-refractivity contribution in [3.8, 4) is 11.5 Å². The minimum Gasteiger partial charge on any atom is -0.493 e. The second-order valence-corrected chi connectivity index (χ2v) is 3.43. The fraction of sp³-hybridized carbons (Fsp3) is 0.417. The highest BCUT2D eigenvalue weighted by Gasteiger charge is 2.25. The van der Waals surface area contributed by atoms with Crippen molar-refractivity contribution in [2.24, 2.45) is 0 Å². The van der Waals surface area contributed by atoms with E-state index in [1.807, 2.05) is 0 Å². The minimum absolute atomic E-state index is 0.131. The molecule has 1 aromatic carbocycles. The molecule has 0 N–H and O–H groups in total. The number of carbonyl (C=O) groups is 1. The number of nitrogens with zero attached hydrogens (tertiary/aromatic N) is 1. The largest absolute Gasteiger partial charge is 0.493 e. The summed E-state index contributed by atoms with van der Waals surface area (Å²) in [5.74, 6) is -0.307. The summed E-state index contributed by atoms with van der Waals surface area (Å²) in [5.41, 5.74) is -0.533. The van der Waals surface area contributed by atoms with Crippen molar-refractivity contribution in [3.05, 3.63) is 27.8 Å². The zero-order valence-corrected chi connectivity index (χ0v) is 11.0. The molecule has 1 rings (SSSR count). The van der Waals surface area contributed by atoms with Gasteiger partial charge >= 0.3 is 5.97 Å². The van der Waals surface area contributed by atoms with Crippen LogP contribution in [-0.2, 0) is 4.74 Å². The van der Waals surface area contributed by atoms with Gasteiger partial charge in [-0.25, -0.2) is 4.79 Å². The normalized spacial score (nSPS) is 9.84. The number of esters is 1. The van der Waals surface area contributed by atoms with Crippen molar-refractivity contribution in [1.82, 2.24) is 0 Å². The lowest BCUT2D eigenvalue weighted by molar-refractivity contribution is -0.385. The molecule has 0 spiro atoms. The van der Waals surface area contributed by atoms with Crippen LogP contribution in [0.2, 0.25) is 0 Å². The minimum atomic E-state index is -0.766. The van der Waals surface area contributed by atoms with Gasteiger partial charge in [0.25, 0.3) is 5.69 Å². The number of methoxy groups -OCH3 is 1. The van der Waals surface area contributed by atoms with E-state index < -0.39 is 10.9 Å². The van der Waals surface area contributed by atoms with Gasteiger partial charge in [-0.05, 0) is 13.8 Å². The van der Waals surface area contributed by atoms with E-state index in [9.17, 15) is 14.9 Å². The van der Waals surface area contributed by atoms with Gasteiger partial charge in [0.05, 0.1) is 31.3 Å². The van der Waals surface area contributed by atoms with Gasteiger partial charge in [-0.1, -0.05) is 0 Å². The van der Waals surface area contributed by atoms with Crippen molar-refractivity contribution in [2.75, 3.05) is 20.3 Å². The Morgan fingerprint density at radius 3 is 2.42 bits per heavy atom. The van der Waals surface area contributed by atoms with Crippen molar-refractivity contribution in [1.29, 1.82) is 0 Å². The molecule has 0 unspecified atom stereocenters. The van der Waals surface area contributed by atoms with E-state index in [0.29, 0.717) is 6.61 Å². The highest BCUT2D eigenvalue weighted by atomic mass is 16.6. The van der Waals surface area contributed by atoms with Crippen molar-refractivity contribution < 1.29 is 23.9 Å². The van der Waals surface area contributed by atoms with Gasteiger partial charge in [-0.15, -0.1) is 0 Å². The first kappa shape index (κ1) is 14.7. The predicted octanol–water partition coefficient (Wildman–Crippen LogP) is 2.18. The van der Waals surface area contributed by atoms with Crippen LogP contribution in [0.4, 0.5) is 5.69 Å². The molecule has 0 aromatic heterocycles. The second kappa shape index (κ2) is 6.58.